The molecule has 5 heteroatoms. The number of benzene rings is 8. The number of hydrogen-bond donors (Lipinski definition) is 0. The smallest absolute Gasteiger partial charge is 0.164 e. The molecule has 11 rings (SSSR count). The molecule has 8 aromatic carbocycles. The normalized spacial score (nSPS) is 12.7. The monoisotopic (exact) mass is 771 g/mol. The molecular formula is C55H41N5. The number of anilines is 2. The Balaban J connectivity index is 1.10. The van der Waals surface area contributed by atoms with Crippen molar-refractivity contribution in [3.05, 3.63) is 205 Å². The maximum absolute atomic E-state index is 5.35. The largest absolute Gasteiger partial charge is 0.344 e. The molecular weight excluding hydrogens is 731 g/mol. The Morgan fingerprint density at radius 3 is 1.70 bits per heavy atom. The molecule has 1 aliphatic carbocycles. The van der Waals surface area contributed by atoms with E-state index in [2.05, 4.69) is 218 Å². The summed E-state index contributed by atoms with van der Waals surface area (Å²) in [6, 6.07) is 68.8. The molecule has 60 heavy (non-hydrogen) atoms. The second-order valence-electron chi connectivity index (χ2n) is 16.1. The average Bonchev–Trinajstić information content (AvgIpc) is 3.77. The van der Waals surface area contributed by atoms with Crippen molar-refractivity contribution in [2.45, 2.75) is 19.3 Å². The van der Waals surface area contributed by atoms with Crippen molar-refractivity contribution in [3.63, 3.8) is 0 Å². The van der Waals surface area contributed by atoms with E-state index in [1.54, 1.807) is 0 Å². The lowest BCUT2D eigenvalue weighted by molar-refractivity contribution is 0.660. The standard InChI is InChI=1S/C55H41N5/c1-55(2)46-25-13-10-23-43(46)51-44(24-16-26-47(51)55)54-57-52(37-29-32-40(33-30-37)60-49-27-14-11-21-41(49)42-22-12-15-28-50(42)60)56-53(58-54)38-31-34-48(59(3)39-19-8-5-9-20-39)45(35-38)36-17-6-4-7-18-36/h4-35H,1-3H3. The molecule has 2 aromatic heterocycles. The Morgan fingerprint density at radius 1 is 0.433 bits per heavy atom. The van der Waals surface area contributed by atoms with E-state index in [0.29, 0.717) is 17.5 Å². The van der Waals surface area contributed by atoms with E-state index in [4.69, 9.17) is 15.0 Å². The Morgan fingerprint density at radius 2 is 0.983 bits per heavy atom. The van der Waals surface area contributed by atoms with Crippen LogP contribution in [0.2, 0.25) is 0 Å². The molecule has 0 bridgehead atoms. The van der Waals surface area contributed by atoms with Gasteiger partial charge in [-0.25, -0.2) is 15.0 Å². The lowest BCUT2D eigenvalue weighted by Gasteiger charge is -2.23. The van der Waals surface area contributed by atoms with Crippen LogP contribution in [0.4, 0.5) is 11.4 Å². The van der Waals surface area contributed by atoms with Gasteiger partial charge in [0, 0.05) is 62.6 Å². The fourth-order valence-electron chi connectivity index (χ4n) is 9.26. The van der Waals surface area contributed by atoms with E-state index in [0.717, 1.165) is 44.9 Å². The summed E-state index contributed by atoms with van der Waals surface area (Å²) >= 11 is 0. The summed E-state index contributed by atoms with van der Waals surface area (Å²) in [7, 11) is 2.12. The lowest BCUT2D eigenvalue weighted by Crippen LogP contribution is -2.14. The van der Waals surface area contributed by atoms with Gasteiger partial charge in [-0.2, -0.15) is 0 Å². The molecule has 2 heterocycles. The topological polar surface area (TPSA) is 46.8 Å². The molecule has 0 radical (unpaired) electrons. The summed E-state index contributed by atoms with van der Waals surface area (Å²) in [4.78, 5) is 18.2. The van der Waals surface area contributed by atoms with Crippen LogP contribution in [-0.2, 0) is 5.41 Å². The maximum atomic E-state index is 5.35. The maximum Gasteiger partial charge on any atom is 0.164 e. The van der Waals surface area contributed by atoms with Gasteiger partial charge in [-0.15, -0.1) is 0 Å². The van der Waals surface area contributed by atoms with Gasteiger partial charge in [-0.3, -0.25) is 0 Å². The second kappa shape index (κ2) is 14.0. The van der Waals surface area contributed by atoms with Crippen LogP contribution in [0.15, 0.2) is 194 Å². The summed E-state index contributed by atoms with van der Waals surface area (Å²) in [6.07, 6.45) is 0. The van der Waals surface area contributed by atoms with Gasteiger partial charge in [0.25, 0.3) is 0 Å². The van der Waals surface area contributed by atoms with Gasteiger partial charge in [0.15, 0.2) is 17.5 Å². The molecule has 5 nitrogen and oxygen atoms in total. The van der Waals surface area contributed by atoms with Gasteiger partial charge >= 0.3 is 0 Å². The van der Waals surface area contributed by atoms with Crippen LogP contribution in [0.1, 0.15) is 25.0 Å². The molecule has 0 saturated carbocycles. The van der Waals surface area contributed by atoms with Crippen molar-refractivity contribution in [2.24, 2.45) is 0 Å². The predicted octanol–water partition coefficient (Wildman–Crippen LogP) is 13.7. The minimum Gasteiger partial charge on any atom is -0.344 e. The minimum atomic E-state index is -0.158. The van der Waals surface area contributed by atoms with Crippen LogP contribution in [0.5, 0.6) is 0 Å². The number of rotatable bonds is 7. The third kappa shape index (κ3) is 5.73. The summed E-state index contributed by atoms with van der Waals surface area (Å²) < 4.78 is 2.34. The van der Waals surface area contributed by atoms with Gasteiger partial charge in [0.1, 0.15) is 0 Å². The lowest BCUT2D eigenvalue weighted by atomic mass is 9.82. The van der Waals surface area contributed by atoms with E-state index in [1.165, 1.54) is 44.1 Å². The van der Waals surface area contributed by atoms with Gasteiger partial charge in [0.2, 0.25) is 0 Å². The second-order valence-corrected chi connectivity index (χ2v) is 16.1. The number of aromatic nitrogens is 4. The van der Waals surface area contributed by atoms with E-state index in [9.17, 15) is 0 Å². The average molecular weight is 772 g/mol. The van der Waals surface area contributed by atoms with Gasteiger partial charge in [-0.1, -0.05) is 141 Å². The molecule has 0 N–H and O–H groups in total. The van der Waals surface area contributed by atoms with E-state index >= 15 is 0 Å². The predicted molar refractivity (Wildman–Crippen MR) is 248 cm³/mol. The van der Waals surface area contributed by atoms with Crippen molar-refractivity contribution >= 4 is 33.2 Å². The quantitative estimate of drug-likeness (QED) is 0.162. The first-order valence-corrected chi connectivity index (χ1v) is 20.5. The van der Waals surface area contributed by atoms with E-state index in [1.807, 2.05) is 6.07 Å². The molecule has 0 fully saturated rings. The first-order valence-electron chi connectivity index (χ1n) is 20.5. The van der Waals surface area contributed by atoms with Crippen LogP contribution < -0.4 is 4.90 Å². The molecule has 0 atom stereocenters. The number of fused-ring (bicyclic) bond motifs is 6. The van der Waals surface area contributed by atoms with Gasteiger partial charge in [-0.05, 0) is 94.5 Å². The van der Waals surface area contributed by atoms with Crippen LogP contribution in [-0.4, -0.2) is 26.6 Å². The number of nitrogens with zero attached hydrogens (tertiary/aromatic N) is 5. The minimum absolute atomic E-state index is 0.158. The zero-order chi connectivity index (χ0) is 40.4. The Bertz CT molecular complexity index is 3180. The van der Waals surface area contributed by atoms with Gasteiger partial charge in [0.05, 0.1) is 11.0 Å². The third-order valence-corrected chi connectivity index (χ3v) is 12.3. The molecule has 0 unspecified atom stereocenters. The van der Waals surface area contributed by atoms with Crippen LogP contribution >= 0.6 is 0 Å². The molecule has 1 aliphatic rings. The van der Waals surface area contributed by atoms with Crippen LogP contribution in [0.3, 0.4) is 0 Å². The molecule has 0 spiro atoms. The molecule has 0 amide bonds. The summed E-state index contributed by atoms with van der Waals surface area (Å²) in [5.41, 5.74) is 15.5. The molecule has 10 aromatic rings. The highest BCUT2D eigenvalue weighted by molar-refractivity contribution is 6.09. The Labute approximate surface area is 349 Å². The molecule has 286 valence electrons. The number of hydrogen-bond acceptors (Lipinski definition) is 4. The van der Waals surface area contributed by atoms with Crippen molar-refractivity contribution < 1.29 is 0 Å². The highest BCUT2D eigenvalue weighted by Gasteiger charge is 2.37. The van der Waals surface area contributed by atoms with Crippen molar-refractivity contribution in [2.75, 3.05) is 11.9 Å². The van der Waals surface area contributed by atoms with E-state index in [-0.39, 0.29) is 5.41 Å². The fourth-order valence-corrected chi connectivity index (χ4v) is 9.26. The summed E-state index contributed by atoms with van der Waals surface area (Å²) in [5.74, 6) is 1.90. The SMILES string of the molecule is CN(c1ccccc1)c1ccc(-c2nc(-c3ccc(-n4c5ccccc5c5ccccc54)cc3)nc(-c3cccc4c3-c3ccccc3C4(C)C)n2)cc1-c1ccccc1. The first kappa shape index (κ1) is 35.5. The van der Waals surface area contributed by atoms with Crippen LogP contribution in [0, 0.1) is 0 Å². The number of para-hydroxylation sites is 3. The molecule has 0 aliphatic heterocycles. The summed E-state index contributed by atoms with van der Waals surface area (Å²) in [5, 5.41) is 2.47. The molecule has 0 saturated heterocycles. The fraction of sp³-hybridized carbons (Fsp3) is 0.0727. The Kier molecular flexibility index (Phi) is 8.31. The highest BCUT2D eigenvalue weighted by Crippen LogP contribution is 2.51. The Hall–Kier alpha value is -7.63. The zero-order valence-electron chi connectivity index (χ0n) is 33.7. The van der Waals surface area contributed by atoms with Crippen LogP contribution in [0.25, 0.3) is 83.9 Å². The van der Waals surface area contributed by atoms with Crippen molar-refractivity contribution in [1.82, 2.24) is 19.5 Å². The third-order valence-electron chi connectivity index (χ3n) is 12.3. The zero-order valence-corrected chi connectivity index (χ0v) is 33.7. The van der Waals surface area contributed by atoms with Gasteiger partial charge < -0.3 is 9.47 Å². The highest BCUT2D eigenvalue weighted by atomic mass is 15.1. The first-order chi connectivity index (χ1) is 29.4. The van der Waals surface area contributed by atoms with Crippen molar-refractivity contribution in [3.8, 4) is 62.1 Å². The van der Waals surface area contributed by atoms with Crippen molar-refractivity contribution in [1.29, 1.82) is 0 Å². The summed E-state index contributed by atoms with van der Waals surface area (Å²) in [6.45, 7) is 4.62. The van der Waals surface area contributed by atoms with E-state index < -0.39 is 0 Å².